The quantitative estimate of drug-likeness (QED) is 0.373. The predicted molar refractivity (Wildman–Crippen MR) is 132 cm³/mol. The number of carbonyl (C=O) groups is 1. The van der Waals surface area contributed by atoms with Crippen LogP contribution in [0.3, 0.4) is 0 Å². The second-order valence-corrected chi connectivity index (χ2v) is 10.1. The van der Waals surface area contributed by atoms with Crippen LogP contribution in [-0.4, -0.2) is 15.7 Å². The smallest absolute Gasteiger partial charge is 0.320 e. The molecular formula is C25H30F3N5OS. The van der Waals surface area contributed by atoms with Crippen LogP contribution in [0.5, 0.6) is 0 Å². The van der Waals surface area contributed by atoms with Gasteiger partial charge in [-0.1, -0.05) is 75.8 Å². The maximum absolute atomic E-state index is 13.4. The van der Waals surface area contributed by atoms with Gasteiger partial charge in [0.25, 0.3) is 5.91 Å². The Morgan fingerprint density at radius 1 is 1.11 bits per heavy atom. The molecule has 3 rings (SSSR count). The van der Waals surface area contributed by atoms with Crippen molar-refractivity contribution < 1.29 is 18.0 Å². The Kier molecular flexibility index (Phi) is 8.50. The largest absolute Gasteiger partial charge is 0.416 e. The lowest BCUT2D eigenvalue weighted by molar-refractivity contribution is -0.137. The molecule has 188 valence electrons. The number of nitrogens with zero attached hydrogens (tertiary/aromatic N) is 3. The van der Waals surface area contributed by atoms with Gasteiger partial charge in [0.05, 0.1) is 16.8 Å². The van der Waals surface area contributed by atoms with Gasteiger partial charge in [0.2, 0.25) is 4.80 Å². The van der Waals surface area contributed by atoms with E-state index in [0.29, 0.717) is 17.9 Å². The van der Waals surface area contributed by atoms with E-state index in [-0.39, 0.29) is 16.7 Å². The lowest BCUT2D eigenvalue weighted by atomic mass is 9.98. The summed E-state index contributed by atoms with van der Waals surface area (Å²) < 4.78 is 41.9. The van der Waals surface area contributed by atoms with Gasteiger partial charge in [0, 0.05) is 18.5 Å². The van der Waals surface area contributed by atoms with Crippen LogP contribution < -0.4 is 15.7 Å². The summed E-state index contributed by atoms with van der Waals surface area (Å²) in [4.78, 5) is 17.8. The van der Waals surface area contributed by atoms with Crippen LogP contribution in [-0.2, 0) is 24.7 Å². The van der Waals surface area contributed by atoms with Crippen LogP contribution in [0, 0.1) is 0 Å². The van der Waals surface area contributed by atoms with E-state index in [1.807, 2.05) is 58.0 Å². The fraction of sp³-hybridized carbons (Fsp3) is 0.400. The minimum atomic E-state index is -4.59. The molecule has 0 spiro atoms. The van der Waals surface area contributed by atoms with Gasteiger partial charge in [0.1, 0.15) is 5.01 Å². The lowest BCUT2D eigenvalue weighted by Crippen LogP contribution is -2.23. The zero-order valence-electron chi connectivity index (χ0n) is 20.2. The number of carbonyl (C=O) groups excluding carboxylic acids is 1. The Morgan fingerprint density at radius 3 is 2.46 bits per heavy atom. The number of hydrazine groups is 1. The molecule has 1 amide bonds. The lowest BCUT2D eigenvalue weighted by Gasteiger charge is -2.14. The molecule has 2 aromatic carbocycles. The molecule has 0 aliphatic heterocycles. The van der Waals surface area contributed by atoms with Crippen LogP contribution in [0.2, 0.25) is 0 Å². The molecule has 0 bridgehead atoms. The van der Waals surface area contributed by atoms with Gasteiger partial charge in [-0.3, -0.25) is 4.79 Å². The molecule has 0 fully saturated rings. The average Bonchev–Trinajstić information content (AvgIpc) is 3.21. The molecule has 2 N–H and O–H groups in total. The highest BCUT2D eigenvalue weighted by molar-refractivity contribution is 7.09. The number of alkyl halides is 3. The summed E-state index contributed by atoms with van der Waals surface area (Å²) in [6, 6.07) is 12.5. The summed E-state index contributed by atoms with van der Waals surface area (Å²) in [7, 11) is 0. The standard InChI is InChI=1S/C25H30F3N5OS/c1-5-6-14-33-23(35-22(32-33)24(2,3)4)30-21(34)19-15-18(25(26,27)28)12-13-20(19)31-29-16-17-10-8-7-9-11-17/h7-13,15,29,31H,5-6,14,16H2,1-4H3/b30-23-. The second-order valence-electron chi connectivity index (χ2n) is 9.16. The number of hydrogen-bond acceptors (Lipinski definition) is 5. The summed E-state index contributed by atoms with van der Waals surface area (Å²) in [6.07, 6.45) is -2.82. The predicted octanol–water partition coefficient (Wildman–Crippen LogP) is 5.92. The third-order valence-electron chi connectivity index (χ3n) is 5.12. The molecule has 0 saturated carbocycles. The van der Waals surface area contributed by atoms with Gasteiger partial charge < -0.3 is 5.43 Å². The average molecular weight is 506 g/mol. The molecular weight excluding hydrogens is 475 g/mol. The van der Waals surface area contributed by atoms with E-state index in [1.165, 1.54) is 17.4 Å². The van der Waals surface area contributed by atoms with Crippen LogP contribution in [0.4, 0.5) is 18.9 Å². The Bertz CT molecular complexity index is 1210. The third-order valence-corrected chi connectivity index (χ3v) is 6.49. The van der Waals surface area contributed by atoms with Crippen molar-refractivity contribution in [3.63, 3.8) is 0 Å². The topological polar surface area (TPSA) is 71.3 Å². The summed E-state index contributed by atoms with van der Waals surface area (Å²) in [5, 5.41) is 5.41. The normalized spacial score (nSPS) is 12.7. The van der Waals surface area contributed by atoms with Gasteiger partial charge in [-0.05, 0) is 30.2 Å². The van der Waals surface area contributed by atoms with E-state index in [0.717, 1.165) is 35.5 Å². The van der Waals surface area contributed by atoms with Crippen molar-refractivity contribution in [2.75, 3.05) is 5.43 Å². The van der Waals surface area contributed by atoms with Gasteiger partial charge >= 0.3 is 6.18 Å². The molecule has 0 atom stereocenters. The van der Waals surface area contributed by atoms with Crippen LogP contribution in [0.1, 0.15) is 67.0 Å². The number of unbranched alkanes of at least 4 members (excludes halogenated alkanes) is 1. The molecule has 35 heavy (non-hydrogen) atoms. The van der Waals surface area contributed by atoms with E-state index >= 15 is 0 Å². The third kappa shape index (κ3) is 7.25. The van der Waals surface area contributed by atoms with E-state index in [9.17, 15) is 18.0 Å². The minimum Gasteiger partial charge on any atom is -0.320 e. The number of hydrogen-bond donors (Lipinski definition) is 2. The number of amides is 1. The van der Waals surface area contributed by atoms with Crippen molar-refractivity contribution in [2.24, 2.45) is 4.99 Å². The first-order chi connectivity index (χ1) is 16.5. The van der Waals surface area contributed by atoms with Crippen LogP contribution >= 0.6 is 11.3 Å². The Hall–Kier alpha value is -2.98. The van der Waals surface area contributed by atoms with Gasteiger partial charge in [0.15, 0.2) is 0 Å². The number of anilines is 1. The van der Waals surface area contributed by atoms with Crippen molar-refractivity contribution in [3.05, 3.63) is 75.0 Å². The molecule has 0 aliphatic rings. The summed E-state index contributed by atoms with van der Waals surface area (Å²) >= 11 is 1.28. The summed E-state index contributed by atoms with van der Waals surface area (Å²) in [5.41, 5.74) is 5.67. The Labute approximate surface area is 206 Å². The number of aryl methyl sites for hydroxylation is 1. The monoisotopic (exact) mass is 505 g/mol. The first kappa shape index (κ1) is 26.6. The fourth-order valence-corrected chi connectivity index (χ4v) is 4.12. The molecule has 0 unspecified atom stereocenters. The van der Waals surface area contributed by atoms with Crippen molar-refractivity contribution in [3.8, 4) is 0 Å². The van der Waals surface area contributed by atoms with Crippen LogP contribution in [0.25, 0.3) is 0 Å². The van der Waals surface area contributed by atoms with E-state index in [4.69, 9.17) is 0 Å². The Balaban J connectivity index is 1.97. The van der Waals surface area contributed by atoms with E-state index in [2.05, 4.69) is 20.9 Å². The highest BCUT2D eigenvalue weighted by Gasteiger charge is 2.32. The maximum Gasteiger partial charge on any atom is 0.416 e. The minimum absolute atomic E-state index is 0.173. The van der Waals surface area contributed by atoms with Crippen LogP contribution in [0.15, 0.2) is 53.5 Å². The van der Waals surface area contributed by atoms with E-state index in [1.54, 1.807) is 4.68 Å². The zero-order chi connectivity index (χ0) is 25.6. The molecule has 0 radical (unpaired) electrons. The van der Waals surface area contributed by atoms with Crippen molar-refractivity contribution in [1.82, 2.24) is 15.2 Å². The molecule has 1 aromatic heterocycles. The molecule has 0 aliphatic carbocycles. The van der Waals surface area contributed by atoms with Gasteiger partial charge in [-0.15, -0.1) is 0 Å². The molecule has 0 saturated heterocycles. The Morgan fingerprint density at radius 2 is 1.83 bits per heavy atom. The highest BCUT2D eigenvalue weighted by atomic mass is 32.1. The molecule has 3 aromatic rings. The molecule has 1 heterocycles. The second kappa shape index (κ2) is 11.2. The van der Waals surface area contributed by atoms with Gasteiger partial charge in [-0.25, -0.2) is 10.1 Å². The number of rotatable bonds is 8. The summed E-state index contributed by atoms with van der Waals surface area (Å²) in [6.45, 7) is 9.05. The molecule has 6 nitrogen and oxygen atoms in total. The van der Waals surface area contributed by atoms with Crippen molar-refractivity contribution >= 4 is 22.9 Å². The first-order valence-corrected chi connectivity index (χ1v) is 12.2. The SMILES string of the molecule is CCCCn1nc(C(C)(C)C)s/c1=N\C(=O)c1cc(C(F)(F)F)ccc1NNCc1ccccc1. The maximum atomic E-state index is 13.4. The van der Waals surface area contributed by atoms with Gasteiger partial charge in [-0.2, -0.15) is 23.3 Å². The number of aromatic nitrogens is 2. The van der Waals surface area contributed by atoms with E-state index < -0.39 is 17.6 Å². The number of nitrogens with one attached hydrogen (secondary N) is 2. The van der Waals surface area contributed by atoms with Crippen molar-refractivity contribution in [2.45, 2.75) is 65.2 Å². The molecule has 10 heteroatoms. The number of halogens is 3. The first-order valence-electron chi connectivity index (χ1n) is 11.4. The zero-order valence-corrected chi connectivity index (χ0v) is 21.1. The summed E-state index contributed by atoms with van der Waals surface area (Å²) in [5.74, 6) is -0.769. The highest BCUT2D eigenvalue weighted by Crippen LogP contribution is 2.32. The fourth-order valence-electron chi connectivity index (χ4n) is 3.14. The number of benzene rings is 2. The van der Waals surface area contributed by atoms with Crippen molar-refractivity contribution in [1.29, 1.82) is 0 Å².